The molecule has 0 atom stereocenters. The minimum atomic E-state index is 0.676. The third-order valence-corrected chi connectivity index (χ3v) is 3.26. The van der Waals surface area contributed by atoms with Crippen LogP contribution in [0, 0.1) is 5.92 Å². The molecule has 3 heteroatoms. The van der Waals surface area contributed by atoms with Crippen molar-refractivity contribution in [3.8, 4) is 0 Å². The first-order chi connectivity index (χ1) is 8.30. The quantitative estimate of drug-likeness (QED) is 0.606. The van der Waals surface area contributed by atoms with Gasteiger partial charge in [-0.15, -0.1) is 0 Å². The van der Waals surface area contributed by atoms with E-state index in [4.69, 9.17) is 4.74 Å². The highest BCUT2D eigenvalue weighted by Gasteiger charge is 2.06. The maximum atomic E-state index is 5.73. The van der Waals surface area contributed by atoms with E-state index < -0.39 is 0 Å². The summed E-state index contributed by atoms with van der Waals surface area (Å²) >= 11 is 0. The topological polar surface area (TPSA) is 18.0 Å². The van der Waals surface area contributed by atoms with Crippen molar-refractivity contribution in [2.24, 2.45) is 5.92 Å². The fourth-order valence-corrected chi connectivity index (χ4v) is 1.84. The SMILES string of the molecule is CCCCn1cc[n+](COCC(CC)CC)c1. The van der Waals surface area contributed by atoms with Gasteiger partial charge in [0.15, 0.2) is 6.73 Å². The molecule has 1 aromatic heterocycles. The highest BCUT2D eigenvalue weighted by atomic mass is 16.5. The Balaban J connectivity index is 2.24. The third kappa shape index (κ3) is 5.35. The van der Waals surface area contributed by atoms with E-state index in [0.717, 1.165) is 13.2 Å². The zero-order chi connectivity index (χ0) is 12.5. The van der Waals surface area contributed by atoms with E-state index in [1.54, 1.807) is 0 Å². The number of unbranched alkanes of at least 4 members (excludes halogenated alkanes) is 1. The van der Waals surface area contributed by atoms with Gasteiger partial charge in [-0.3, -0.25) is 0 Å². The van der Waals surface area contributed by atoms with Crippen LogP contribution in [0.15, 0.2) is 18.7 Å². The lowest BCUT2D eigenvalue weighted by Crippen LogP contribution is -2.33. The van der Waals surface area contributed by atoms with Crippen molar-refractivity contribution >= 4 is 0 Å². The smallest absolute Gasteiger partial charge is 0.245 e. The fraction of sp³-hybridized carbons (Fsp3) is 0.786. The van der Waals surface area contributed by atoms with Gasteiger partial charge in [0.1, 0.15) is 12.4 Å². The van der Waals surface area contributed by atoms with Crippen LogP contribution in [-0.2, 0) is 18.0 Å². The van der Waals surface area contributed by atoms with E-state index in [2.05, 4.69) is 48.6 Å². The first-order valence-electron chi connectivity index (χ1n) is 6.92. The van der Waals surface area contributed by atoms with Gasteiger partial charge in [-0.05, 0) is 12.3 Å². The summed E-state index contributed by atoms with van der Waals surface area (Å²) in [4.78, 5) is 0. The number of aromatic nitrogens is 2. The predicted molar refractivity (Wildman–Crippen MR) is 69.6 cm³/mol. The number of imidazole rings is 1. The van der Waals surface area contributed by atoms with Crippen molar-refractivity contribution in [3.63, 3.8) is 0 Å². The van der Waals surface area contributed by atoms with Crippen molar-refractivity contribution in [2.75, 3.05) is 6.61 Å². The number of rotatable bonds is 9. The first kappa shape index (κ1) is 14.2. The van der Waals surface area contributed by atoms with E-state index in [-0.39, 0.29) is 0 Å². The molecule has 0 radical (unpaired) electrons. The van der Waals surface area contributed by atoms with Gasteiger partial charge in [0.2, 0.25) is 6.33 Å². The van der Waals surface area contributed by atoms with Crippen molar-refractivity contribution in [2.45, 2.75) is 59.7 Å². The average Bonchev–Trinajstić information content (AvgIpc) is 2.80. The van der Waals surface area contributed by atoms with E-state index in [0.29, 0.717) is 12.6 Å². The molecule has 0 spiro atoms. The third-order valence-electron chi connectivity index (χ3n) is 3.26. The molecule has 0 aliphatic rings. The molecule has 98 valence electrons. The van der Waals surface area contributed by atoms with Crippen LogP contribution in [0.1, 0.15) is 46.5 Å². The van der Waals surface area contributed by atoms with Gasteiger partial charge < -0.3 is 4.74 Å². The molecule has 0 aromatic carbocycles. The lowest BCUT2D eigenvalue weighted by atomic mass is 10.1. The van der Waals surface area contributed by atoms with Gasteiger partial charge in [0.05, 0.1) is 13.2 Å². The molecule has 0 saturated carbocycles. The van der Waals surface area contributed by atoms with Crippen LogP contribution in [0.2, 0.25) is 0 Å². The molecule has 0 fully saturated rings. The van der Waals surface area contributed by atoms with Crippen LogP contribution in [-0.4, -0.2) is 11.2 Å². The van der Waals surface area contributed by atoms with E-state index in [9.17, 15) is 0 Å². The monoisotopic (exact) mass is 239 g/mol. The van der Waals surface area contributed by atoms with Gasteiger partial charge >= 0.3 is 0 Å². The number of ether oxygens (including phenoxy) is 1. The number of aryl methyl sites for hydroxylation is 1. The lowest BCUT2D eigenvalue weighted by Gasteiger charge is -2.10. The molecule has 0 N–H and O–H groups in total. The standard InChI is InChI=1S/C14H27N2O/c1-4-7-8-15-9-10-16(12-15)13-17-11-14(5-2)6-3/h9-10,12,14H,4-8,11,13H2,1-3H3/q+1. The second kappa shape index (κ2) is 8.29. The molecule has 0 bridgehead atoms. The second-order valence-electron chi connectivity index (χ2n) is 4.70. The molecule has 0 amide bonds. The molecular formula is C14H27N2O+. The molecular weight excluding hydrogens is 212 g/mol. The Hall–Kier alpha value is -0.830. The van der Waals surface area contributed by atoms with Gasteiger partial charge in [0.25, 0.3) is 0 Å². The van der Waals surface area contributed by atoms with E-state index in [1.807, 2.05) is 0 Å². The Morgan fingerprint density at radius 3 is 2.65 bits per heavy atom. The van der Waals surface area contributed by atoms with E-state index in [1.165, 1.54) is 25.7 Å². The zero-order valence-corrected chi connectivity index (χ0v) is 11.6. The lowest BCUT2D eigenvalue weighted by molar-refractivity contribution is -0.732. The average molecular weight is 239 g/mol. The summed E-state index contributed by atoms with van der Waals surface area (Å²) in [7, 11) is 0. The molecule has 0 aliphatic carbocycles. The van der Waals surface area contributed by atoms with Crippen molar-refractivity contribution in [1.29, 1.82) is 0 Å². The summed E-state index contributed by atoms with van der Waals surface area (Å²) in [5.74, 6) is 0.706. The molecule has 3 nitrogen and oxygen atoms in total. The van der Waals surface area contributed by atoms with Crippen LogP contribution in [0.5, 0.6) is 0 Å². The molecule has 0 aliphatic heterocycles. The van der Waals surface area contributed by atoms with Crippen LogP contribution < -0.4 is 4.57 Å². The highest BCUT2D eigenvalue weighted by molar-refractivity contribution is 4.65. The number of hydrogen-bond donors (Lipinski definition) is 0. The maximum absolute atomic E-state index is 5.73. The van der Waals surface area contributed by atoms with Gasteiger partial charge in [-0.2, -0.15) is 0 Å². The Bertz CT molecular complexity index is 292. The minimum Gasteiger partial charge on any atom is -0.341 e. The van der Waals surface area contributed by atoms with Crippen molar-refractivity contribution in [3.05, 3.63) is 18.7 Å². The van der Waals surface area contributed by atoms with Crippen LogP contribution >= 0.6 is 0 Å². The highest BCUT2D eigenvalue weighted by Crippen LogP contribution is 2.07. The number of nitrogens with zero attached hydrogens (tertiary/aromatic N) is 2. The Morgan fingerprint density at radius 2 is 2.00 bits per heavy atom. The Kier molecular flexibility index (Phi) is 6.94. The van der Waals surface area contributed by atoms with Gasteiger partial charge in [0, 0.05) is 0 Å². The zero-order valence-electron chi connectivity index (χ0n) is 11.6. The molecule has 1 heterocycles. The Morgan fingerprint density at radius 1 is 1.24 bits per heavy atom. The Labute approximate surface area is 105 Å². The summed E-state index contributed by atoms with van der Waals surface area (Å²) in [6, 6.07) is 0. The van der Waals surface area contributed by atoms with Gasteiger partial charge in [-0.1, -0.05) is 40.0 Å². The normalized spacial score (nSPS) is 11.3. The van der Waals surface area contributed by atoms with E-state index >= 15 is 0 Å². The molecule has 0 unspecified atom stereocenters. The first-order valence-corrected chi connectivity index (χ1v) is 6.92. The van der Waals surface area contributed by atoms with Crippen LogP contribution in [0.4, 0.5) is 0 Å². The van der Waals surface area contributed by atoms with Crippen LogP contribution in [0.3, 0.4) is 0 Å². The summed E-state index contributed by atoms with van der Waals surface area (Å²) in [5, 5.41) is 0. The van der Waals surface area contributed by atoms with Crippen LogP contribution in [0.25, 0.3) is 0 Å². The molecule has 1 aromatic rings. The second-order valence-corrected chi connectivity index (χ2v) is 4.70. The number of hydrogen-bond acceptors (Lipinski definition) is 1. The minimum absolute atomic E-state index is 0.676. The molecule has 0 saturated heterocycles. The summed E-state index contributed by atoms with van der Waals surface area (Å²) in [6.07, 6.45) is 11.2. The van der Waals surface area contributed by atoms with Crippen molar-refractivity contribution < 1.29 is 9.30 Å². The maximum Gasteiger partial charge on any atom is 0.245 e. The van der Waals surface area contributed by atoms with Crippen molar-refractivity contribution in [1.82, 2.24) is 4.57 Å². The summed E-state index contributed by atoms with van der Waals surface area (Å²) in [5.41, 5.74) is 0. The van der Waals surface area contributed by atoms with Gasteiger partial charge in [-0.25, -0.2) is 9.13 Å². The predicted octanol–water partition coefficient (Wildman–Crippen LogP) is 2.99. The summed E-state index contributed by atoms with van der Waals surface area (Å²) in [6.45, 7) is 9.33. The molecule has 1 rings (SSSR count). The largest absolute Gasteiger partial charge is 0.341 e. The summed E-state index contributed by atoms with van der Waals surface area (Å²) < 4.78 is 10.1. The fourth-order valence-electron chi connectivity index (χ4n) is 1.84. The molecule has 17 heavy (non-hydrogen) atoms.